The molecule has 1 amide bonds. The number of amides is 1. The highest BCUT2D eigenvalue weighted by molar-refractivity contribution is 14.0. The van der Waals surface area contributed by atoms with E-state index in [9.17, 15) is 4.79 Å². The number of hydrogen-bond acceptors (Lipinski definition) is 6. The van der Waals surface area contributed by atoms with E-state index in [1.165, 1.54) is 12.8 Å². The third kappa shape index (κ3) is 7.25. The Morgan fingerprint density at radius 1 is 1.15 bits per heavy atom. The number of halogens is 1. The number of likely N-dealkylation sites (tertiary alicyclic amines) is 1. The second-order valence-corrected chi connectivity index (χ2v) is 9.16. The summed E-state index contributed by atoms with van der Waals surface area (Å²) in [5.41, 5.74) is 0. The molecule has 2 saturated heterocycles. The minimum Gasteiger partial charge on any atom is -0.379 e. The lowest BCUT2D eigenvalue weighted by Crippen LogP contribution is -2.48. The number of carbonyl (C=O) groups is 1. The molecule has 0 spiro atoms. The van der Waals surface area contributed by atoms with Crippen LogP contribution < -0.4 is 10.6 Å². The lowest BCUT2D eigenvalue weighted by molar-refractivity contribution is -0.134. The topological polar surface area (TPSA) is 99.9 Å². The Morgan fingerprint density at radius 2 is 1.91 bits per heavy atom. The van der Waals surface area contributed by atoms with Crippen molar-refractivity contribution in [3.05, 3.63) is 11.6 Å². The molecule has 186 valence electrons. The first-order valence-corrected chi connectivity index (χ1v) is 12.1. The molecule has 2 N–H and O–H groups in total. The second-order valence-electron chi connectivity index (χ2n) is 9.16. The maximum absolute atomic E-state index is 12.8. The number of aryl methyl sites for hydroxylation is 1. The van der Waals surface area contributed by atoms with Crippen molar-refractivity contribution in [2.75, 3.05) is 52.5 Å². The van der Waals surface area contributed by atoms with Gasteiger partial charge in [-0.3, -0.25) is 9.69 Å². The zero-order chi connectivity index (χ0) is 22.3. The van der Waals surface area contributed by atoms with Gasteiger partial charge in [-0.1, -0.05) is 12.8 Å². The predicted molar refractivity (Wildman–Crippen MR) is 138 cm³/mol. The van der Waals surface area contributed by atoms with E-state index in [0.717, 1.165) is 89.4 Å². The van der Waals surface area contributed by atoms with E-state index in [1.54, 1.807) is 0 Å². The van der Waals surface area contributed by atoms with Crippen LogP contribution in [-0.4, -0.2) is 95.0 Å². The number of nitrogens with zero attached hydrogens (tertiary/aromatic N) is 6. The van der Waals surface area contributed by atoms with Gasteiger partial charge >= 0.3 is 0 Å². The molecule has 1 aromatic heterocycles. The van der Waals surface area contributed by atoms with E-state index >= 15 is 0 Å². The number of hydrogen-bond donors (Lipinski definition) is 2. The van der Waals surface area contributed by atoms with E-state index in [-0.39, 0.29) is 35.9 Å². The molecule has 0 aromatic carbocycles. The molecule has 3 heterocycles. The summed E-state index contributed by atoms with van der Waals surface area (Å²) in [6, 6.07) is 0.219. The van der Waals surface area contributed by atoms with Gasteiger partial charge in [-0.15, -0.1) is 34.2 Å². The maximum Gasteiger partial charge on any atom is 0.225 e. The molecule has 0 bridgehead atoms. The highest BCUT2D eigenvalue weighted by Gasteiger charge is 2.32. The van der Waals surface area contributed by atoms with Crippen molar-refractivity contribution in [2.24, 2.45) is 18.0 Å². The molecule has 3 aliphatic rings. The molecule has 2 aliphatic heterocycles. The van der Waals surface area contributed by atoms with Crippen LogP contribution in [0.4, 0.5) is 0 Å². The van der Waals surface area contributed by atoms with Crippen molar-refractivity contribution in [1.82, 2.24) is 35.2 Å². The molecular formula is C22H39IN8O2. The number of aromatic nitrogens is 3. The van der Waals surface area contributed by atoms with E-state index < -0.39 is 0 Å². The highest BCUT2D eigenvalue weighted by Crippen LogP contribution is 2.27. The Labute approximate surface area is 213 Å². The summed E-state index contributed by atoms with van der Waals surface area (Å²) in [5, 5.41) is 15.4. The van der Waals surface area contributed by atoms with Gasteiger partial charge in [0.1, 0.15) is 12.4 Å². The minimum atomic E-state index is 0. The van der Waals surface area contributed by atoms with Crippen LogP contribution in [0.2, 0.25) is 0 Å². The van der Waals surface area contributed by atoms with Gasteiger partial charge in [-0.2, -0.15) is 0 Å². The molecule has 3 fully saturated rings. The summed E-state index contributed by atoms with van der Waals surface area (Å²) in [7, 11) is 1.96. The van der Waals surface area contributed by atoms with Gasteiger partial charge in [0.05, 0.1) is 13.2 Å². The third-order valence-corrected chi connectivity index (χ3v) is 6.93. The fourth-order valence-electron chi connectivity index (χ4n) is 4.75. The smallest absolute Gasteiger partial charge is 0.225 e. The van der Waals surface area contributed by atoms with Gasteiger partial charge in [0.2, 0.25) is 5.91 Å². The molecule has 1 saturated carbocycles. The third-order valence-electron chi connectivity index (χ3n) is 6.93. The number of guanidine groups is 1. The fraction of sp³-hybridized carbons (Fsp3) is 0.818. The van der Waals surface area contributed by atoms with Crippen LogP contribution in [-0.2, 0) is 23.1 Å². The molecule has 33 heavy (non-hydrogen) atoms. The average molecular weight is 575 g/mol. The fourth-order valence-corrected chi connectivity index (χ4v) is 4.75. The van der Waals surface area contributed by atoms with Crippen LogP contribution >= 0.6 is 24.0 Å². The molecule has 1 atom stereocenters. The van der Waals surface area contributed by atoms with Crippen molar-refractivity contribution < 1.29 is 9.53 Å². The Hall–Kier alpha value is -1.47. The zero-order valence-corrected chi connectivity index (χ0v) is 22.3. The number of rotatable bonds is 7. The van der Waals surface area contributed by atoms with Crippen molar-refractivity contribution in [2.45, 2.75) is 51.6 Å². The summed E-state index contributed by atoms with van der Waals surface area (Å²) in [5.74, 6) is 3.08. The van der Waals surface area contributed by atoms with Crippen molar-refractivity contribution in [3.63, 3.8) is 0 Å². The Balaban J connectivity index is 0.00000306. The van der Waals surface area contributed by atoms with Gasteiger partial charge in [0.25, 0.3) is 0 Å². The van der Waals surface area contributed by atoms with Gasteiger partial charge in [-0.05, 0) is 26.2 Å². The highest BCUT2D eigenvalue weighted by atomic mass is 127. The van der Waals surface area contributed by atoms with Crippen LogP contribution in [0.3, 0.4) is 0 Å². The summed E-state index contributed by atoms with van der Waals surface area (Å²) >= 11 is 0. The molecular weight excluding hydrogens is 535 g/mol. The summed E-state index contributed by atoms with van der Waals surface area (Å²) in [4.78, 5) is 22.0. The molecule has 1 aliphatic carbocycles. The van der Waals surface area contributed by atoms with Gasteiger partial charge in [0.15, 0.2) is 11.8 Å². The monoisotopic (exact) mass is 574 g/mol. The molecule has 11 heteroatoms. The van der Waals surface area contributed by atoms with Gasteiger partial charge in [-0.25, -0.2) is 4.99 Å². The number of aliphatic imine (C=N–C) groups is 1. The van der Waals surface area contributed by atoms with E-state index in [2.05, 4.69) is 25.7 Å². The largest absolute Gasteiger partial charge is 0.379 e. The molecule has 0 radical (unpaired) electrons. The van der Waals surface area contributed by atoms with E-state index in [4.69, 9.17) is 9.73 Å². The van der Waals surface area contributed by atoms with Crippen LogP contribution in [0, 0.1) is 12.8 Å². The SMILES string of the molecule is Cc1nnc(CN=C(NCCN2CCOCC2)NC2CCN(C(=O)C3CCCC3)C2)n1C.I. The Kier molecular flexibility index (Phi) is 10.2. The minimum absolute atomic E-state index is 0. The molecule has 4 rings (SSSR count). The number of ether oxygens (including phenoxy) is 1. The van der Waals surface area contributed by atoms with E-state index in [1.807, 2.05) is 23.4 Å². The lowest BCUT2D eigenvalue weighted by atomic mass is 10.1. The zero-order valence-electron chi connectivity index (χ0n) is 20.0. The van der Waals surface area contributed by atoms with E-state index in [0.29, 0.717) is 12.5 Å². The summed E-state index contributed by atoms with van der Waals surface area (Å²) in [6.07, 6.45) is 5.45. The van der Waals surface area contributed by atoms with Crippen LogP contribution in [0.25, 0.3) is 0 Å². The maximum atomic E-state index is 12.8. The average Bonchev–Trinajstić information content (AvgIpc) is 3.56. The first-order valence-electron chi connectivity index (χ1n) is 12.1. The lowest BCUT2D eigenvalue weighted by Gasteiger charge is -2.27. The molecule has 1 unspecified atom stereocenters. The summed E-state index contributed by atoms with van der Waals surface area (Å²) in [6.45, 7) is 9.29. The quantitative estimate of drug-likeness (QED) is 0.284. The number of morpholine rings is 1. The molecule has 1 aromatic rings. The predicted octanol–water partition coefficient (Wildman–Crippen LogP) is 0.900. The van der Waals surface area contributed by atoms with Crippen molar-refractivity contribution >= 4 is 35.8 Å². The Morgan fingerprint density at radius 3 is 2.61 bits per heavy atom. The second kappa shape index (κ2) is 12.8. The van der Waals surface area contributed by atoms with Crippen LogP contribution in [0.15, 0.2) is 4.99 Å². The number of nitrogens with one attached hydrogen (secondary N) is 2. The summed E-state index contributed by atoms with van der Waals surface area (Å²) < 4.78 is 7.40. The van der Waals surface area contributed by atoms with Gasteiger partial charge in [0, 0.05) is 58.3 Å². The normalized spacial score (nSPS) is 22.4. The van der Waals surface area contributed by atoms with Crippen molar-refractivity contribution in [3.8, 4) is 0 Å². The molecule has 10 nitrogen and oxygen atoms in total. The standard InChI is InChI=1S/C22H38N8O2.HI/c1-17-26-27-20(28(17)2)15-24-22(23-8-10-29-11-13-32-14-12-29)25-19-7-9-30(16-19)21(31)18-5-3-4-6-18;/h18-19H,3-16H2,1-2H3,(H2,23,24,25);1H. The Bertz CT molecular complexity index is 789. The first-order chi connectivity index (χ1) is 15.6. The van der Waals surface area contributed by atoms with Crippen molar-refractivity contribution in [1.29, 1.82) is 0 Å². The first kappa shape index (κ1) is 26.1. The van der Waals surface area contributed by atoms with Gasteiger partial charge < -0.3 is 24.8 Å². The van der Waals surface area contributed by atoms with Crippen LogP contribution in [0.1, 0.15) is 43.8 Å². The van der Waals surface area contributed by atoms with Crippen LogP contribution in [0.5, 0.6) is 0 Å². The number of carbonyl (C=O) groups excluding carboxylic acids is 1.